The maximum atomic E-state index is 12.7. The standard InChI is InChI=1S/C20H27N5O3S.C7H16/c1-3-8-21-19-17-14(2)18(24-20(17)23-13-22-19)15-4-6-16(7-5-15)29(28)25(9-11-26)10-12-27;1-4-6-7(3)5-2/h4-7,13,26-27H,3,8-12H2,1-2H3,(H2,21,22,23,24);7H,4-6H2,1-3H3. The van der Waals surface area contributed by atoms with Crippen molar-refractivity contribution in [1.29, 1.82) is 0 Å². The molecule has 2 heterocycles. The van der Waals surface area contributed by atoms with Crippen LogP contribution in [-0.4, -0.2) is 66.5 Å². The summed E-state index contributed by atoms with van der Waals surface area (Å²) in [7, 11) is -1.44. The summed E-state index contributed by atoms with van der Waals surface area (Å²) < 4.78 is 14.3. The van der Waals surface area contributed by atoms with Crippen LogP contribution in [-0.2, 0) is 11.0 Å². The fourth-order valence-corrected chi connectivity index (χ4v) is 5.09. The van der Waals surface area contributed by atoms with Gasteiger partial charge in [-0.15, -0.1) is 0 Å². The zero-order chi connectivity index (χ0) is 26.5. The molecule has 0 spiro atoms. The lowest BCUT2D eigenvalue weighted by Crippen LogP contribution is -2.31. The molecule has 8 nitrogen and oxygen atoms in total. The van der Waals surface area contributed by atoms with Crippen LogP contribution in [0.15, 0.2) is 35.5 Å². The van der Waals surface area contributed by atoms with E-state index in [4.69, 9.17) is 10.2 Å². The lowest BCUT2D eigenvalue weighted by atomic mass is 10.0. The van der Waals surface area contributed by atoms with Crippen LogP contribution in [0.25, 0.3) is 22.3 Å². The summed E-state index contributed by atoms with van der Waals surface area (Å²) in [5.74, 6) is 1.77. The van der Waals surface area contributed by atoms with Crippen molar-refractivity contribution in [1.82, 2.24) is 19.3 Å². The van der Waals surface area contributed by atoms with Gasteiger partial charge in [-0.25, -0.2) is 18.5 Å². The lowest BCUT2D eigenvalue weighted by Gasteiger charge is -2.19. The molecule has 2 unspecified atom stereocenters. The average molecular weight is 518 g/mol. The number of rotatable bonds is 13. The molecule has 0 bridgehead atoms. The third-order valence-electron chi connectivity index (χ3n) is 6.14. The van der Waals surface area contributed by atoms with E-state index in [2.05, 4.69) is 48.0 Å². The summed E-state index contributed by atoms with van der Waals surface area (Å²) >= 11 is 0. The van der Waals surface area contributed by atoms with E-state index in [0.717, 1.165) is 52.6 Å². The normalized spacial score (nSPS) is 12.9. The maximum Gasteiger partial charge on any atom is 0.143 e. The monoisotopic (exact) mass is 517 g/mol. The molecule has 36 heavy (non-hydrogen) atoms. The highest BCUT2D eigenvalue weighted by molar-refractivity contribution is 7.82. The number of hydrogen-bond acceptors (Lipinski definition) is 6. The fraction of sp³-hybridized carbons (Fsp3) is 0.556. The molecular weight excluding hydrogens is 474 g/mol. The molecule has 2 aromatic heterocycles. The number of fused-ring (bicyclic) bond motifs is 1. The fourth-order valence-electron chi connectivity index (χ4n) is 3.92. The highest BCUT2D eigenvalue weighted by atomic mass is 32.2. The Kier molecular flexibility index (Phi) is 13.0. The topological polar surface area (TPSA) is 114 Å². The van der Waals surface area contributed by atoms with Crippen LogP contribution in [0.3, 0.4) is 0 Å². The van der Waals surface area contributed by atoms with Crippen molar-refractivity contribution in [3.05, 3.63) is 36.2 Å². The van der Waals surface area contributed by atoms with Crippen LogP contribution in [0.1, 0.15) is 58.9 Å². The molecule has 2 atom stereocenters. The minimum atomic E-state index is -1.44. The number of aliphatic hydroxyl groups excluding tert-OH is 2. The van der Waals surface area contributed by atoms with Crippen molar-refractivity contribution >= 4 is 27.8 Å². The summed E-state index contributed by atoms with van der Waals surface area (Å²) in [6.45, 7) is 12.0. The molecular formula is C27H43N5O3S. The number of hydrogen-bond donors (Lipinski definition) is 4. The lowest BCUT2D eigenvalue weighted by molar-refractivity contribution is 0.222. The Morgan fingerprint density at radius 2 is 1.72 bits per heavy atom. The van der Waals surface area contributed by atoms with E-state index in [9.17, 15) is 4.21 Å². The second kappa shape index (κ2) is 15.7. The number of anilines is 1. The first-order chi connectivity index (χ1) is 17.4. The number of aromatic nitrogens is 3. The van der Waals surface area contributed by atoms with E-state index >= 15 is 0 Å². The maximum absolute atomic E-state index is 12.7. The highest BCUT2D eigenvalue weighted by Crippen LogP contribution is 2.32. The molecule has 3 aromatic rings. The van der Waals surface area contributed by atoms with Gasteiger partial charge >= 0.3 is 0 Å². The van der Waals surface area contributed by atoms with E-state index in [0.29, 0.717) is 4.90 Å². The van der Waals surface area contributed by atoms with E-state index in [1.807, 2.05) is 19.1 Å². The van der Waals surface area contributed by atoms with Crippen LogP contribution >= 0.6 is 0 Å². The van der Waals surface area contributed by atoms with Crippen molar-refractivity contribution in [3.63, 3.8) is 0 Å². The van der Waals surface area contributed by atoms with Crippen molar-refractivity contribution in [2.24, 2.45) is 5.92 Å². The van der Waals surface area contributed by atoms with Crippen LogP contribution in [0.5, 0.6) is 0 Å². The summed E-state index contributed by atoms with van der Waals surface area (Å²) in [6, 6.07) is 7.43. The molecule has 0 aliphatic rings. The van der Waals surface area contributed by atoms with Gasteiger partial charge in [-0.05, 0) is 42.5 Å². The molecule has 0 aliphatic heterocycles. The smallest absolute Gasteiger partial charge is 0.143 e. The Hall–Kier alpha value is -2.33. The molecule has 0 saturated carbocycles. The Morgan fingerprint density at radius 1 is 1.06 bits per heavy atom. The van der Waals surface area contributed by atoms with Crippen molar-refractivity contribution in [3.8, 4) is 11.3 Å². The molecule has 0 fully saturated rings. The second-order valence-electron chi connectivity index (χ2n) is 8.95. The van der Waals surface area contributed by atoms with Crippen LogP contribution in [0.2, 0.25) is 0 Å². The number of aryl methyl sites for hydroxylation is 1. The first kappa shape index (κ1) is 29.9. The van der Waals surface area contributed by atoms with Gasteiger partial charge in [0.2, 0.25) is 0 Å². The SMILES string of the molecule is CCCC(C)CC.CCCNc1ncnc2[nH]c(-c3ccc(S(=O)N(CCO)CCO)cc3)c(C)c12. The van der Waals surface area contributed by atoms with E-state index in [1.54, 1.807) is 22.8 Å². The molecule has 3 rings (SSSR count). The predicted molar refractivity (Wildman–Crippen MR) is 149 cm³/mol. The average Bonchev–Trinajstić information content (AvgIpc) is 3.24. The molecule has 0 aliphatic carbocycles. The number of benzene rings is 1. The summed E-state index contributed by atoms with van der Waals surface area (Å²) in [6.07, 6.45) is 6.63. The Labute approximate surface area is 218 Å². The summed E-state index contributed by atoms with van der Waals surface area (Å²) in [5.41, 5.74) is 3.73. The Balaban J connectivity index is 0.000000572. The van der Waals surface area contributed by atoms with Gasteiger partial charge in [0.05, 0.1) is 29.2 Å². The van der Waals surface area contributed by atoms with E-state index in [-0.39, 0.29) is 26.3 Å². The van der Waals surface area contributed by atoms with Crippen molar-refractivity contribution in [2.75, 3.05) is 38.2 Å². The second-order valence-corrected chi connectivity index (χ2v) is 10.4. The minimum Gasteiger partial charge on any atom is -0.395 e. The van der Waals surface area contributed by atoms with Crippen molar-refractivity contribution in [2.45, 2.75) is 65.2 Å². The number of nitrogens with one attached hydrogen (secondary N) is 2. The van der Waals surface area contributed by atoms with Crippen molar-refractivity contribution < 1.29 is 14.4 Å². The predicted octanol–water partition coefficient (Wildman–Crippen LogP) is 4.90. The quantitative estimate of drug-likeness (QED) is 0.256. The number of aliphatic hydroxyl groups is 2. The number of nitrogens with zero attached hydrogens (tertiary/aromatic N) is 3. The molecule has 200 valence electrons. The van der Waals surface area contributed by atoms with E-state index in [1.165, 1.54) is 19.3 Å². The molecule has 0 amide bonds. The van der Waals surface area contributed by atoms with E-state index < -0.39 is 11.0 Å². The zero-order valence-corrected chi connectivity index (χ0v) is 23.2. The Morgan fingerprint density at radius 3 is 2.25 bits per heavy atom. The van der Waals surface area contributed by atoms with Gasteiger partial charge < -0.3 is 20.5 Å². The third kappa shape index (κ3) is 8.09. The molecule has 0 radical (unpaired) electrons. The van der Waals surface area contributed by atoms with Gasteiger partial charge in [0.15, 0.2) is 0 Å². The van der Waals surface area contributed by atoms with Gasteiger partial charge in [-0.1, -0.05) is 59.1 Å². The number of H-pyrrole nitrogens is 1. The number of aromatic amines is 1. The third-order valence-corrected chi connectivity index (χ3v) is 7.65. The van der Waals surface area contributed by atoms with Crippen LogP contribution in [0, 0.1) is 12.8 Å². The van der Waals surface area contributed by atoms with Crippen LogP contribution in [0.4, 0.5) is 5.82 Å². The molecule has 0 saturated heterocycles. The van der Waals surface area contributed by atoms with Crippen LogP contribution < -0.4 is 5.32 Å². The first-order valence-corrected chi connectivity index (χ1v) is 14.1. The minimum absolute atomic E-state index is 0.118. The highest BCUT2D eigenvalue weighted by Gasteiger charge is 2.17. The molecule has 9 heteroatoms. The van der Waals surface area contributed by atoms with Gasteiger partial charge in [0, 0.05) is 19.6 Å². The first-order valence-electron chi connectivity index (χ1n) is 13.0. The van der Waals surface area contributed by atoms with Gasteiger partial charge in [0.1, 0.15) is 28.8 Å². The largest absolute Gasteiger partial charge is 0.395 e. The summed E-state index contributed by atoms with van der Waals surface area (Å²) in [5, 5.41) is 22.6. The zero-order valence-electron chi connectivity index (χ0n) is 22.4. The van der Waals surface area contributed by atoms with Gasteiger partial charge in [0.25, 0.3) is 0 Å². The summed E-state index contributed by atoms with van der Waals surface area (Å²) in [4.78, 5) is 12.7. The Bertz CT molecular complexity index is 1070. The van der Waals surface area contributed by atoms with Gasteiger partial charge in [-0.3, -0.25) is 0 Å². The molecule has 4 N–H and O–H groups in total. The van der Waals surface area contributed by atoms with Gasteiger partial charge in [-0.2, -0.15) is 0 Å². The molecule has 1 aromatic carbocycles.